The van der Waals surface area contributed by atoms with Gasteiger partial charge < -0.3 is 15.8 Å². The van der Waals surface area contributed by atoms with Crippen LogP contribution in [0.3, 0.4) is 0 Å². The Morgan fingerprint density at radius 2 is 2.07 bits per heavy atom. The zero-order valence-corrected chi connectivity index (χ0v) is 16.1. The topological polar surface area (TPSA) is 105 Å². The van der Waals surface area contributed by atoms with Gasteiger partial charge in [0.25, 0.3) is 5.91 Å². The lowest BCUT2D eigenvalue weighted by Gasteiger charge is -2.17. The summed E-state index contributed by atoms with van der Waals surface area (Å²) in [6.07, 6.45) is 1.83. The van der Waals surface area contributed by atoms with E-state index in [0.29, 0.717) is 27.7 Å². The van der Waals surface area contributed by atoms with E-state index in [-0.39, 0.29) is 0 Å². The van der Waals surface area contributed by atoms with Gasteiger partial charge >= 0.3 is 5.97 Å². The lowest BCUT2D eigenvalue weighted by atomic mass is 9.88. The van der Waals surface area contributed by atoms with E-state index in [4.69, 9.17) is 10.5 Å². The van der Waals surface area contributed by atoms with Crippen LogP contribution in [0.4, 0.5) is 10.7 Å². The highest BCUT2D eigenvalue weighted by Gasteiger charge is 2.26. The number of nitrogens with one attached hydrogen (secondary N) is 1. The summed E-state index contributed by atoms with van der Waals surface area (Å²) in [5.74, 6) is -0.481. The molecule has 6 nitrogen and oxygen atoms in total. The van der Waals surface area contributed by atoms with Crippen LogP contribution in [-0.2, 0) is 22.4 Å². The summed E-state index contributed by atoms with van der Waals surface area (Å²) in [6, 6.07) is 8.49. The number of esters is 1. The van der Waals surface area contributed by atoms with Crippen molar-refractivity contribution >= 4 is 33.9 Å². The summed E-state index contributed by atoms with van der Waals surface area (Å²) in [6.45, 7) is 3.69. The number of benzene rings is 1. The predicted molar refractivity (Wildman–Crippen MR) is 105 cm³/mol. The Kier molecular flexibility index (Phi) is 5.47. The van der Waals surface area contributed by atoms with Gasteiger partial charge in [0.15, 0.2) is 6.10 Å². The van der Waals surface area contributed by atoms with Crippen LogP contribution < -0.4 is 11.1 Å². The summed E-state index contributed by atoms with van der Waals surface area (Å²) in [7, 11) is 0. The fourth-order valence-corrected chi connectivity index (χ4v) is 4.44. The number of carbonyl (C=O) groups excluding carboxylic acids is 2. The van der Waals surface area contributed by atoms with Crippen molar-refractivity contribution in [2.75, 3.05) is 11.1 Å². The molecule has 7 heteroatoms. The van der Waals surface area contributed by atoms with Gasteiger partial charge in [-0.15, -0.1) is 11.3 Å². The molecule has 27 heavy (non-hydrogen) atoms. The monoisotopic (exact) mass is 383 g/mol. The number of hydrogen-bond donors (Lipinski definition) is 2. The summed E-state index contributed by atoms with van der Waals surface area (Å²) >= 11 is 1.44. The molecule has 3 rings (SSSR count). The minimum Gasteiger partial charge on any atom is -0.449 e. The van der Waals surface area contributed by atoms with Gasteiger partial charge in [-0.25, -0.2) is 4.79 Å². The van der Waals surface area contributed by atoms with Crippen molar-refractivity contribution in [3.63, 3.8) is 0 Å². The van der Waals surface area contributed by atoms with Crippen LogP contribution in [0.1, 0.15) is 46.6 Å². The summed E-state index contributed by atoms with van der Waals surface area (Å²) in [5.41, 5.74) is 8.04. The number of fused-ring (bicyclic) bond motifs is 1. The molecule has 1 aliphatic carbocycles. The maximum atomic E-state index is 12.5. The van der Waals surface area contributed by atoms with Gasteiger partial charge in [0, 0.05) is 10.6 Å². The van der Waals surface area contributed by atoms with Crippen LogP contribution >= 0.6 is 11.3 Å². The SMILES string of the molecule is CC1CCc2c(sc(NC(=O)C(C)OC(=O)c3ccc(N)cc3)c2C#N)C1. The highest BCUT2D eigenvalue weighted by atomic mass is 32.1. The van der Waals surface area contributed by atoms with Crippen molar-refractivity contribution in [3.8, 4) is 6.07 Å². The Hall–Kier alpha value is -2.85. The second-order valence-electron chi connectivity index (χ2n) is 6.83. The van der Waals surface area contributed by atoms with E-state index in [2.05, 4.69) is 18.3 Å². The fraction of sp³-hybridized carbons (Fsp3) is 0.350. The van der Waals surface area contributed by atoms with E-state index < -0.39 is 18.0 Å². The van der Waals surface area contributed by atoms with Gasteiger partial charge in [0.2, 0.25) is 0 Å². The zero-order chi connectivity index (χ0) is 19.6. The minimum absolute atomic E-state index is 0.321. The molecule has 1 aromatic carbocycles. The molecule has 0 fully saturated rings. The molecule has 0 spiro atoms. The first kappa shape index (κ1) is 18.9. The average Bonchev–Trinajstić information content (AvgIpc) is 2.97. The molecule has 0 bridgehead atoms. The molecule has 2 aromatic rings. The number of nitrogens with two attached hydrogens (primary N) is 1. The lowest BCUT2D eigenvalue weighted by Crippen LogP contribution is -2.30. The Morgan fingerprint density at radius 3 is 2.74 bits per heavy atom. The van der Waals surface area contributed by atoms with Crippen LogP contribution in [0.15, 0.2) is 24.3 Å². The normalized spacial score (nSPS) is 16.7. The third-order valence-electron chi connectivity index (χ3n) is 4.66. The second kappa shape index (κ2) is 7.80. The number of nitrogens with zero attached hydrogens (tertiary/aromatic N) is 1. The number of carbonyl (C=O) groups is 2. The van der Waals surface area contributed by atoms with Gasteiger partial charge in [0.05, 0.1) is 11.1 Å². The van der Waals surface area contributed by atoms with Crippen molar-refractivity contribution in [2.24, 2.45) is 5.92 Å². The average molecular weight is 383 g/mol. The molecule has 0 saturated heterocycles. The Balaban J connectivity index is 1.69. The summed E-state index contributed by atoms with van der Waals surface area (Å²) in [4.78, 5) is 25.8. The number of ether oxygens (including phenoxy) is 1. The molecular weight excluding hydrogens is 362 g/mol. The summed E-state index contributed by atoms with van der Waals surface area (Å²) < 4.78 is 5.23. The van der Waals surface area contributed by atoms with Crippen LogP contribution in [0.25, 0.3) is 0 Å². The molecule has 140 valence electrons. The number of rotatable bonds is 4. The summed E-state index contributed by atoms with van der Waals surface area (Å²) in [5, 5.41) is 12.8. The van der Waals surface area contributed by atoms with Crippen LogP contribution in [0.2, 0.25) is 0 Å². The largest absolute Gasteiger partial charge is 0.449 e. The number of nitriles is 1. The molecular formula is C20H21N3O3S. The van der Waals surface area contributed by atoms with Crippen LogP contribution in [0.5, 0.6) is 0 Å². The first-order chi connectivity index (χ1) is 12.9. The van der Waals surface area contributed by atoms with E-state index >= 15 is 0 Å². The Morgan fingerprint density at radius 1 is 1.37 bits per heavy atom. The highest BCUT2D eigenvalue weighted by Crippen LogP contribution is 2.39. The highest BCUT2D eigenvalue weighted by molar-refractivity contribution is 7.16. The maximum Gasteiger partial charge on any atom is 0.338 e. The first-order valence-electron chi connectivity index (χ1n) is 8.81. The predicted octanol–water partition coefficient (Wildman–Crippen LogP) is 3.51. The molecule has 0 aliphatic heterocycles. The van der Waals surface area contributed by atoms with Gasteiger partial charge in [-0.3, -0.25) is 4.79 Å². The van der Waals surface area contributed by atoms with Gasteiger partial charge in [0.1, 0.15) is 11.1 Å². The molecule has 1 aliphatic rings. The molecule has 0 radical (unpaired) electrons. The van der Waals surface area contributed by atoms with Crippen LogP contribution in [-0.4, -0.2) is 18.0 Å². The maximum absolute atomic E-state index is 12.5. The van der Waals surface area contributed by atoms with E-state index in [1.54, 1.807) is 24.3 Å². The van der Waals surface area contributed by atoms with E-state index in [1.807, 2.05) is 0 Å². The molecule has 1 aromatic heterocycles. The Bertz CT molecular complexity index is 912. The van der Waals surface area contributed by atoms with Crippen LogP contribution in [0, 0.1) is 17.2 Å². The molecule has 1 heterocycles. The van der Waals surface area contributed by atoms with Crippen molar-refractivity contribution in [1.29, 1.82) is 5.26 Å². The smallest absolute Gasteiger partial charge is 0.338 e. The molecule has 0 saturated carbocycles. The lowest BCUT2D eigenvalue weighted by molar-refractivity contribution is -0.123. The quantitative estimate of drug-likeness (QED) is 0.621. The van der Waals surface area contributed by atoms with Gasteiger partial charge in [-0.2, -0.15) is 5.26 Å². The number of anilines is 2. The molecule has 2 unspecified atom stereocenters. The van der Waals surface area contributed by atoms with E-state index in [9.17, 15) is 14.9 Å². The number of thiophene rings is 1. The third kappa shape index (κ3) is 4.12. The van der Waals surface area contributed by atoms with Crippen molar-refractivity contribution in [2.45, 2.75) is 39.2 Å². The first-order valence-corrected chi connectivity index (χ1v) is 9.62. The minimum atomic E-state index is -0.986. The number of hydrogen-bond acceptors (Lipinski definition) is 6. The number of amides is 1. The standard InChI is InChI=1S/C20H21N3O3S/c1-11-3-8-15-16(10-21)19(27-17(15)9-11)23-18(24)12(2)26-20(25)13-4-6-14(22)7-5-13/h4-7,11-12H,3,8-9,22H2,1-2H3,(H,23,24). The second-order valence-corrected chi connectivity index (χ2v) is 7.93. The van der Waals surface area contributed by atoms with Gasteiger partial charge in [-0.05, 0) is 61.9 Å². The van der Waals surface area contributed by atoms with Gasteiger partial charge in [-0.1, -0.05) is 6.92 Å². The van der Waals surface area contributed by atoms with E-state index in [1.165, 1.54) is 18.3 Å². The van der Waals surface area contributed by atoms with E-state index in [0.717, 1.165) is 29.7 Å². The van der Waals surface area contributed by atoms with Crippen molar-refractivity contribution in [1.82, 2.24) is 0 Å². The Labute approximate surface area is 161 Å². The van der Waals surface area contributed by atoms with Crippen molar-refractivity contribution in [3.05, 3.63) is 45.8 Å². The third-order valence-corrected chi connectivity index (χ3v) is 5.83. The molecule has 2 atom stereocenters. The molecule has 1 amide bonds. The number of nitrogen functional groups attached to an aromatic ring is 1. The van der Waals surface area contributed by atoms with Crippen molar-refractivity contribution < 1.29 is 14.3 Å². The zero-order valence-electron chi connectivity index (χ0n) is 15.2. The molecule has 3 N–H and O–H groups in total. The fourth-order valence-electron chi connectivity index (χ4n) is 3.07.